The summed E-state index contributed by atoms with van der Waals surface area (Å²) in [5.74, 6) is -1.10. The second-order valence-electron chi connectivity index (χ2n) is 5.04. The van der Waals surface area contributed by atoms with Gasteiger partial charge in [0, 0.05) is 16.8 Å². The van der Waals surface area contributed by atoms with Gasteiger partial charge in [-0.1, -0.05) is 6.92 Å². The highest BCUT2D eigenvalue weighted by atomic mass is 32.2. The van der Waals surface area contributed by atoms with Crippen molar-refractivity contribution in [3.63, 3.8) is 0 Å². The van der Waals surface area contributed by atoms with Crippen molar-refractivity contribution in [3.8, 4) is 0 Å². The minimum absolute atomic E-state index is 0.0415. The molecule has 8 heteroatoms. The number of hydrogen-bond donors (Lipinski definition) is 1. The van der Waals surface area contributed by atoms with E-state index in [0.29, 0.717) is 19.4 Å². The van der Waals surface area contributed by atoms with Gasteiger partial charge in [0.1, 0.15) is 4.88 Å². The van der Waals surface area contributed by atoms with Gasteiger partial charge in [-0.25, -0.2) is 13.2 Å². The first kappa shape index (κ1) is 15.7. The lowest BCUT2D eigenvalue weighted by atomic mass is 10.0. The second kappa shape index (κ2) is 5.77. The number of hydrogen-bond acceptors (Lipinski definition) is 5. The van der Waals surface area contributed by atoms with Gasteiger partial charge in [0.2, 0.25) is 10.0 Å². The highest BCUT2D eigenvalue weighted by Crippen LogP contribution is 2.39. The van der Waals surface area contributed by atoms with Crippen LogP contribution in [-0.4, -0.2) is 30.3 Å². The predicted octanol–water partition coefficient (Wildman–Crippen LogP) is 3.21. The van der Waals surface area contributed by atoms with Gasteiger partial charge in [-0.05, 0) is 35.9 Å². The molecular formula is C14H15NO4S3. The molecule has 1 unspecified atom stereocenters. The number of aromatic carboxylic acids is 1. The predicted molar refractivity (Wildman–Crippen MR) is 86.2 cm³/mol. The van der Waals surface area contributed by atoms with E-state index >= 15 is 0 Å². The summed E-state index contributed by atoms with van der Waals surface area (Å²) in [6, 6.07) is 3.07. The van der Waals surface area contributed by atoms with Gasteiger partial charge in [-0.3, -0.25) is 0 Å². The maximum Gasteiger partial charge on any atom is 0.345 e. The zero-order valence-electron chi connectivity index (χ0n) is 11.9. The Labute approximate surface area is 136 Å². The Hall–Kier alpha value is -1.22. The van der Waals surface area contributed by atoms with Gasteiger partial charge in [0.25, 0.3) is 0 Å². The van der Waals surface area contributed by atoms with E-state index in [0.717, 1.165) is 16.9 Å². The van der Waals surface area contributed by atoms with Crippen LogP contribution in [0, 0.1) is 0 Å². The van der Waals surface area contributed by atoms with Gasteiger partial charge < -0.3 is 5.11 Å². The Morgan fingerprint density at radius 1 is 1.45 bits per heavy atom. The number of carboxylic acids is 1. The minimum Gasteiger partial charge on any atom is -0.477 e. The third kappa shape index (κ3) is 2.50. The van der Waals surface area contributed by atoms with Crippen molar-refractivity contribution < 1.29 is 18.3 Å². The summed E-state index contributed by atoms with van der Waals surface area (Å²) in [5, 5.41) is 12.4. The van der Waals surface area contributed by atoms with Crippen LogP contribution in [0.2, 0.25) is 0 Å². The number of carbonyl (C=O) groups is 1. The van der Waals surface area contributed by atoms with Gasteiger partial charge in [-0.15, -0.1) is 22.7 Å². The average molecular weight is 357 g/mol. The molecule has 0 amide bonds. The number of sulfonamides is 1. The maximum atomic E-state index is 12.9. The van der Waals surface area contributed by atoms with Crippen molar-refractivity contribution in [2.24, 2.45) is 0 Å². The van der Waals surface area contributed by atoms with Crippen molar-refractivity contribution >= 4 is 38.7 Å². The second-order valence-corrected chi connectivity index (χ2v) is 8.84. The number of carboxylic acid groups (broad SMARTS) is 1. The zero-order valence-corrected chi connectivity index (χ0v) is 14.3. The SMILES string of the molecule is CCC1c2ccsc2CCN1S(=O)(=O)c1csc(C(=O)O)c1. The van der Waals surface area contributed by atoms with Crippen molar-refractivity contribution in [3.05, 3.63) is 38.2 Å². The van der Waals surface area contributed by atoms with E-state index in [4.69, 9.17) is 5.11 Å². The third-order valence-electron chi connectivity index (χ3n) is 3.83. The number of rotatable bonds is 4. The quantitative estimate of drug-likeness (QED) is 0.912. The highest BCUT2D eigenvalue weighted by Gasteiger charge is 2.36. The summed E-state index contributed by atoms with van der Waals surface area (Å²) in [6.45, 7) is 2.41. The molecular weight excluding hydrogens is 342 g/mol. The largest absolute Gasteiger partial charge is 0.477 e. The van der Waals surface area contributed by atoms with Crippen LogP contribution in [0.5, 0.6) is 0 Å². The molecule has 0 saturated carbocycles. The van der Waals surface area contributed by atoms with Gasteiger partial charge in [0.15, 0.2) is 0 Å². The lowest BCUT2D eigenvalue weighted by Crippen LogP contribution is -2.39. The van der Waals surface area contributed by atoms with Crippen LogP contribution in [0.1, 0.15) is 39.5 Å². The molecule has 22 heavy (non-hydrogen) atoms. The van der Waals surface area contributed by atoms with Crippen LogP contribution >= 0.6 is 22.7 Å². The van der Waals surface area contributed by atoms with Crippen LogP contribution in [0.3, 0.4) is 0 Å². The fourth-order valence-electron chi connectivity index (χ4n) is 2.79. The molecule has 5 nitrogen and oxygen atoms in total. The van der Waals surface area contributed by atoms with Crippen LogP contribution in [0.25, 0.3) is 0 Å². The molecule has 0 spiro atoms. The average Bonchev–Trinajstić information content (AvgIpc) is 3.14. The molecule has 1 atom stereocenters. The molecule has 2 aromatic rings. The molecule has 1 aliphatic rings. The number of fused-ring (bicyclic) bond motifs is 1. The summed E-state index contributed by atoms with van der Waals surface area (Å²) in [7, 11) is -3.67. The molecule has 118 valence electrons. The summed E-state index contributed by atoms with van der Waals surface area (Å²) in [5.41, 5.74) is 1.08. The molecule has 0 aliphatic carbocycles. The van der Waals surface area contributed by atoms with E-state index in [1.165, 1.54) is 20.6 Å². The summed E-state index contributed by atoms with van der Waals surface area (Å²) in [6.07, 6.45) is 1.40. The zero-order chi connectivity index (χ0) is 15.9. The lowest BCUT2D eigenvalue weighted by molar-refractivity contribution is 0.0702. The van der Waals surface area contributed by atoms with E-state index in [1.54, 1.807) is 11.3 Å². The highest BCUT2D eigenvalue weighted by molar-refractivity contribution is 7.89. The van der Waals surface area contributed by atoms with Crippen molar-refractivity contribution in [1.29, 1.82) is 0 Å². The first-order chi connectivity index (χ1) is 10.4. The number of nitrogens with zero attached hydrogens (tertiary/aromatic N) is 1. The molecule has 0 fully saturated rings. The molecule has 1 N–H and O–H groups in total. The molecule has 3 rings (SSSR count). The van der Waals surface area contributed by atoms with Crippen molar-refractivity contribution in [2.45, 2.75) is 30.7 Å². The molecule has 2 aromatic heterocycles. The standard InChI is InChI=1S/C14H15NO4S3/c1-2-11-10-4-6-20-12(10)3-5-15(11)22(18,19)9-7-13(14(16)17)21-8-9/h4,6-8,11H,2-3,5H2,1H3,(H,16,17). The fraction of sp³-hybridized carbons (Fsp3) is 0.357. The molecule has 0 radical (unpaired) electrons. The van der Waals surface area contributed by atoms with E-state index < -0.39 is 16.0 Å². The normalized spacial score (nSPS) is 19.0. The molecule has 1 aliphatic heterocycles. The topological polar surface area (TPSA) is 74.7 Å². The van der Waals surface area contributed by atoms with E-state index in [2.05, 4.69) is 0 Å². The van der Waals surface area contributed by atoms with Crippen molar-refractivity contribution in [2.75, 3.05) is 6.54 Å². The Morgan fingerprint density at radius 2 is 2.23 bits per heavy atom. The Balaban J connectivity index is 1.99. The Bertz CT molecular complexity index is 806. The summed E-state index contributed by atoms with van der Waals surface area (Å²) in [4.78, 5) is 12.3. The first-order valence-electron chi connectivity index (χ1n) is 6.85. The van der Waals surface area contributed by atoms with E-state index in [9.17, 15) is 13.2 Å². The van der Waals surface area contributed by atoms with E-state index in [1.807, 2.05) is 18.4 Å². The van der Waals surface area contributed by atoms with Gasteiger partial charge >= 0.3 is 5.97 Å². The maximum absolute atomic E-state index is 12.9. The Kier molecular flexibility index (Phi) is 4.11. The Morgan fingerprint density at radius 3 is 2.86 bits per heavy atom. The molecule has 0 saturated heterocycles. The van der Waals surface area contributed by atoms with Crippen LogP contribution in [-0.2, 0) is 16.4 Å². The van der Waals surface area contributed by atoms with Crippen LogP contribution < -0.4 is 0 Å². The molecule has 0 bridgehead atoms. The molecule has 3 heterocycles. The summed E-state index contributed by atoms with van der Waals surface area (Å²) < 4.78 is 27.2. The first-order valence-corrected chi connectivity index (χ1v) is 10.0. The van der Waals surface area contributed by atoms with Crippen molar-refractivity contribution in [1.82, 2.24) is 4.31 Å². The fourth-order valence-corrected chi connectivity index (χ4v) is 6.49. The summed E-state index contributed by atoms with van der Waals surface area (Å²) >= 11 is 2.61. The van der Waals surface area contributed by atoms with Gasteiger partial charge in [-0.2, -0.15) is 4.31 Å². The van der Waals surface area contributed by atoms with Gasteiger partial charge in [0.05, 0.1) is 10.9 Å². The lowest BCUT2D eigenvalue weighted by Gasteiger charge is -2.34. The smallest absolute Gasteiger partial charge is 0.345 e. The van der Waals surface area contributed by atoms with E-state index in [-0.39, 0.29) is 15.8 Å². The van der Waals surface area contributed by atoms with Crippen LogP contribution in [0.4, 0.5) is 0 Å². The third-order valence-corrected chi connectivity index (χ3v) is 7.78. The minimum atomic E-state index is -3.67. The van der Waals surface area contributed by atoms with Crippen LogP contribution in [0.15, 0.2) is 27.8 Å². The monoisotopic (exact) mass is 357 g/mol. The number of thiophene rings is 2. The molecule has 0 aromatic carbocycles.